The Morgan fingerprint density at radius 1 is 1.67 bits per heavy atom. The minimum atomic E-state index is -0.158. The van der Waals surface area contributed by atoms with Gasteiger partial charge in [-0.1, -0.05) is 0 Å². The van der Waals surface area contributed by atoms with Crippen molar-refractivity contribution in [3.8, 4) is 0 Å². The second kappa shape index (κ2) is 4.41. The van der Waals surface area contributed by atoms with Crippen molar-refractivity contribution in [1.29, 1.82) is 0 Å². The molecule has 80 valence electrons. The molecule has 6 heteroatoms. The zero-order valence-corrected chi connectivity index (χ0v) is 11.4. The number of alkyl halides is 1. The van der Waals surface area contributed by atoms with Gasteiger partial charge in [0.25, 0.3) is 0 Å². The van der Waals surface area contributed by atoms with Crippen LogP contribution in [0.4, 0.5) is 0 Å². The molecule has 0 fully saturated rings. The number of rotatable bonds is 2. The van der Waals surface area contributed by atoms with E-state index in [1.165, 1.54) is 16.9 Å². The molecule has 1 aliphatic rings. The molecule has 2 unspecified atom stereocenters. The molecule has 0 aromatic carbocycles. The van der Waals surface area contributed by atoms with Crippen molar-refractivity contribution in [2.75, 3.05) is 0 Å². The Hall–Kier alpha value is -0.732. The molecule has 0 bridgehead atoms. The van der Waals surface area contributed by atoms with E-state index in [1.807, 2.05) is 24.0 Å². The first-order valence-corrected chi connectivity index (χ1v) is 6.14. The quantitative estimate of drug-likeness (QED) is 0.460. The van der Waals surface area contributed by atoms with Crippen molar-refractivity contribution in [3.05, 3.63) is 29.8 Å². The van der Waals surface area contributed by atoms with Crippen LogP contribution in [0.1, 0.15) is 11.5 Å². The van der Waals surface area contributed by atoms with E-state index in [4.69, 9.17) is 16.1 Å². The summed E-state index contributed by atoms with van der Waals surface area (Å²) in [6.45, 7) is 2.50. The first-order valence-electron chi connectivity index (χ1n) is 4.49. The number of nitrogens with zero attached hydrogens (tertiary/aromatic N) is 3. The molecule has 0 spiro atoms. The molecule has 1 aromatic heterocycles. The molecule has 2 rings (SSSR count). The Balaban J connectivity index is 2.12. The summed E-state index contributed by atoms with van der Waals surface area (Å²) in [7, 11) is 0. The standard InChI is InChI=1S/C9H11AsClN3O/c1-6-4-7(15-13-6)5-14-8(11)2-3-12-9(14)10/h2-4,8H,5,10H2,1H3. The molecule has 0 radical (unpaired) electrons. The fraction of sp³-hybridized carbons (Fsp3) is 0.333. The molecule has 15 heavy (non-hydrogen) atoms. The Kier molecular flexibility index (Phi) is 3.17. The van der Waals surface area contributed by atoms with Gasteiger partial charge in [-0.05, 0) is 0 Å². The van der Waals surface area contributed by atoms with Crippen molar-refractivity contribution in [1.82, 2.24) is 10.1 Å². The third-order valence-corrected chi connectivity index (χ3v) is 3.44. The normalized spacial score (nSPS) is 20.6. The van der Waals surface area contributed by atoms with Gasteiger partial charge in [-0.3, -0.25) is 0 Å². The van der Waals surface area contributed by atoms with Gasteiger partial charge in [0, 0.05) is 0 Å². The summed E-state index contributed by atoms with van der Waals surface area (Å²) < 4.78 is 6.08. The van der Waals surface area contributed by atoms with Gasteiger partial charge in [-0.15, -0.1) is 0 Å². The van der Waals surface area contributed by atoms with Gasteiger partial charge in [-0.25, -0.2) is 0 Å². The van der Waals surface area contributed by atoms with Crippen LogP contribution < -0.4 is 0 Å². The van der Waals surface area contributed by atoms with Gasteiger partial charge >= 0.3 is 101 Å². The van der Waals surface area contributed by atoms with Crippen LogP contribution in [-0.4, -0.2) is 37.0 Å². The molecular formula is C9H11AsClN3O. The zero-order chi connectivity index (χ0) is 10.8. The van der Waals surface area contributed by atoms with Crippen LogP contribution in [0.15, 0.2) is 27.9 Å². The second-order valence-corrected chi connectivity index (χ2v) is 4.79. The monoisotopic (exact) mass is 287 g/mol. The fourth-order valence-corrected chi connectivity index (χ4v) is 2.46. The molecule has 1 aliphatic heterocycles. The van der Waals surface area contributed by atoms with Crippen molar-refractivity contribution in [2.24, 2.45) is 4.99 Å². The van der Waals surface area contributed by atoms with Crippen molar-refractivity contribution >= 4 is 33.1 Å². The summed E-state index contributed by atoms with van der Waals surface area (Å²) >= 11 is 7.59. The van der Waals surface area contributed by atoms with Gasteiger partial charge in [0.15, 0.2) is 0 Å². The van der Waals surface area contributed by atoms with Crippen LogP contribution in [0.3, 0.4) is 0 Å². The predicted octanol–water partition coefficient (Wildman–Crippen LogP) is 0.866. The summed E-state index contributed by atoms with van der Waals surface area (Å²) in [5.74, 6) is 0.804. The Morgan fingerprint density at radius 3 is 3.07 bits per heavy atom. The zero-order valence-electron chi connectivity index (χ0n) is 8.22. The average Bonchev–Trinajstić information content (AvgIpc) is 2.58. The summed E-state index contributed by atoms with van der Waals surface area (Å²) in [5.41, 5.74) is 0.721. The SMILES string of the molecule is Cc1cc(CN2C([AsH2])=NC=CC2Cl)on1. The summed E-state index contributed by atoms with van der Waals surface area (Å²) in [6.07, 6.45) is 3.57. The van der Waals surface area contributed by atoms with Crippen molar-refractivity contribution < 1.29 is 4.52 Å². The van der Waals surface area contributed by atoms with Crippen LogP contribution in [0, 0.1) is 6.92 Å². The summed E-state index contributed by atoms with van der Waals surface area (Å²) in [6, 6.07) is 1.90. The predicted molar refractivity (Wildman–Crippen MR) is 61.5 cm³/mol. The van der Waals surface area contributed by atoms with Crippen LogP contribution in [-0.2, 0) is 6.54 Å². The van der Waals surface area contributed by atoms with E-state index in [0.717, 1.165) is 16.1 Å². The molecular weight excluding hydrogens is 276 g/mol. The van der Waals surface area contributed by atoms with E-state index in [-0.39, 0.29) is 5.50 Å². The van der Waals surface area contributed by atoms with E-state index in [2.05, 4.69) is 10.1 Å². The third kappa shape index (κ3) is 2.44. The molecule has 1 aromatic rings. The number of aryl methyl sites for hydroxylation is 1. The molecule has 0 saturated carbocycles. The van der Waals surface area contributed by atoms with Gasteiger partial charge in [-0.2, -0.15) is 0 Å². The topological polar surface area (TPSA) is 41.6 Å². The first kappa shape index (κ1) is 10.8. The second-order valence-electron chi connectivity index (χ2n) is 3.26. The minimum absolute atomic E-state index is 0.158. The van der Waals surface area contributed by atoms with Crippen molar-refractivity contribution in [2.45, 2.75) is 19.0 Å². The van der Waals surface area contributed by atoms with Gasteiger partial charge in [0.2, 0.25) is 0 Å². The van der Waals surface area contributed by atoms with Gasteiger partial charge in [0.05, 0.1) is 0 Å². The first-order chi connectivity index (χ1) is 7.16. The van der Waals surface area contributed by atoms with Crippen LogP contribution in [0.25, 0.3) is 0 Å². The third-order valence-electron chi connectivity index (χ3n) is 2.05. The van der Waals surface area contributed by atoms with Crippen LogP contribution in [0.5, 0.6) is 0 Å². The van der Waals surface area contributed by atoms with Gasteiger partial charge in [0.1, 0.15) is 0 Å². The maximum absolute atomic E-state index is 6.14. The van der Waals surface area contributed by atoms with E-state index in [0.29, 0.717) is 6.54 Å². The number of amidine groups is 1. The summed E-state index contributed by atoms with van der Waals surface area (Å²) in [4.78, 5) is 6.18. The van der Waals surface area contributed by atoms with Crippen LogP contribution >= 0.6 is 11.6 Å². The molecule has 2 atom stereocenters. The van der Waals surface area contributed by atoms with E-state index < -0.39 is 0 Å². The number of hydrogen-bond acceptors (Lipinski definition) is 4. The number of aliphatic imine (C=N–C) groups is 1. The van der Waals surface area contributed by atoms with Gasteiger partial charge < -0.3 is 0 Å². The molecule has 0 aliphatic carbocycles. The van der Waals surface area contributed by atoms with Crippen molar-refractivity contribution in [3.63, 3.8) is 0 Å². The summed E-state index contributed by atoms with van der Waals surface area (Å²) in [5, 5.41) is 3.83. The Labute approximate surface area is 101 Å². The van der Waals surface area contributed by atoms with Crippen LogP contribution in [0.2, 0.25) is 0 Å². The number of aromatic nitrogens is 1. The van der Waals surface area contributed by atoms with E-state index in [9.17, 15) is 0 Å². The molecule has 0 amide bonds. The molecule has 0 N–H and O–H groups in total. The molecule has 0 saturated heterocycles. The average molecular weight is 288 g/mol. The molecule has 2 heterocycles. The van der Waals surface area contributed by atoms with E-state index >= 15 is 0 Å². The maximum atomic E-state index is 6.14. The number of hydrogen-bond donors (Lipinski definition) is 0. The van der Waals surface area contributed by atoms with E-state index in [1.54, 1.807) is 6.20 Å². The number of halogens is 1. The fourth-order valence-electron chi connectivity index (χ4n) is 1.32. The molecule has 4 nitrogen and oxygen atoms in total. The Bertz CT molecular complexity index is 415. The Morgan fingerprint density at radius 2 is 2.47 bits per heavy atom.